The fraction of sp³-hybridized carbons (Fsp3) is 0.412. The van der Waals surface area contributed by atoms with Crippen LogP contribution in [0.15, 0.2) is 29.2 Å². The predicted molar refractivity (Wildman–Crippen MR) is 96.1 cm³/mol. The van der Waals surface area contributed by atoms with Gasteiger partial charge in [-0.1, -0.05) is 0 Å². The lowest BCUT2D eigenvalue weighted by Crippen LogP contribution is -2.43. The number of aryl methyl sites for hydroxylation is 2. The van der Waals surface area contributed by atoms with Gasteiger partial charge in [-0.15, -0.1) is 11.3 Å². The van der Waals surface area contributed by atoms with Crippen molar-refractivity contribution in [2.45, 2.75) is 43.0 Å². The zero-order valence-corrected chi connectivity index (χ0v) is 15.6. The average Bonchev–Trinajstić information content (AvgIpc) is 3.30. The van der Waals surface area contributed by atoms with E-state index in [2.05, 4.69) is 10.3 Å². The maximum Gasteiger partial charge on any atom is 0.244 e. The van der Waals surface area contributed by atoms with E-state index in [0.29, 0.717) is 18.0 Å². The fourth-order valence-electron chi connectivity index (χ4n) is 3.46. The maximum atomic E-state index is 13.1. The molecule has 1 amide bonds. The molecule has 2 aliphatic rings. The number of anilines is 1. The molecule has 2 aromatic rings. The van der Waals surface area contributed by atoms with Gasteiger partial charge in [-0.2, -0.15) is 4.31 Å². The van der Waals surface area contributed by atoms with Crippen LogP contribution in [0.3, 0.4) is 0 Å². The van der Waals surface area contributed by atoms with Crippen LogP contribution in [0.5, 0.6) is 0 Å². The molecule has 1 N–H and O–H groups in total. The van der Waals surface area contributed by atoms with E-state index in [9.17, 15) is 17.6 Å². The number of thiazole rings is 1. The summed E-state index contributed by atoms with van der Waals surface area (Å²) in [6.07, 6.45) is 4.06. The van der Waals surface area contributed by atoms with Crippen LogP contribution in [-0.2, 0) is 27.7 Å². The number of nitrogens with zero attached hydrogens (tertiary/aromatic N) is 2. The van der Waals surface area contributed by atoms with E-state index in [1.54, 1.807) is 0 Å². The third-order valence-corrected chi connectivity index (χ3v) is 7.75. The second-order valence-corrected chi connectivity index (χ2v) is 9.43. The van der Waals surface area contributed by atoms with Crippen LogP contribution in [0.25, 0.3) is 0 Å². The molecule has 1 saturated heterocycles. The highest BCUT2D eigenvalue weighted by molar-refractivity contribution is 7.89. The first-order valence-corrected chi connectivity index (χ1v) is 10.8. The van der Waals surface area contributed by atoms with Gasteiger partial charge in [0.25, 0.3) is 0 Å². The number of rotatable bonds is 4. The molecule has 1 fully saturated rings. The molecule has 0 spiro atoms. The van der Waals surface area contributed by atoms with Crippen molar-refractivity contribution in [1.82, 2.24) is 9.29 Å². The van der Waals surface area contributed by atoms with Crippen molar-refractivity contribution >= 4 is 32.4 Å². The first-order chi connectivity index (χ1) is 12.4. The SMILES string of the molecule is O=C(Nc1nc2c(s1)CCC2)[C@H]1CCCN1S(=O)(=O)c1ccc(F)cc1. The van der Waals surface area contributed by atoms with Gasteiger partial charge < -0.3 is 5.32 Å². The summed E-state index contributed by atoms with van der Waals surface area (Å²) in [4.78, 5) is 18.3. The molecule has 26 heavy (non-hydrogen) atoms. The topological polar surface area (TPSA) is 79.4 Å². The fourth-order valence-corrected chi connectivity index (χ4v) is 6.17. The molecule has 0 unspecified atom stereocenters. The molecule has 0 saturated carbocycles. The normalized spacial score (nSPS) is 20.3. The molecule has 6 nitrogen and oxygen atoms in total. The summed E-state index contributed by atoms with van der Waals surface area (Å²) in [5.41, 5.74) is 1.03. The van der Waals surface area contributed by atoms with Crippen LogP contribution >= 0.6 is 11.3 Å². The minimum Gasteiger partial charge on any atom is -0.301 e. The van der Waals surface area contributed by atoms with Gasteiger partial charge in [0.1, 0.15) is 11.9 Å². The van der Waals surface area contributed by atoms with Gasteiger partial charge in [-0.3, -0.25) is 4.79 Å². The van der Waals surface area contributed by atoms with E-state index in [4.69, 9.17) is 0 Å². The van der Waals surface area contributed by atoms with E-state index in [1.807, 2.05) is 0 Å². The van der Waals surface area contributed by atoms with Crippen LogP contribution in [0, 0.1) is 5.82 Å². The van der Waals surface area contributed by atoms with Crippen LogP contribution in [0.1, 0.15) is 29.8 Å². The Morgan fingerprint density at radius 3 is 2.73 bits per heavy atom. The largest absolute Gasteiger partial charge is 0.301 e. The summed E-state index contributed by atoms with van der Waals surface area (Å²) in [5.74, 6) is -0.864. The molecular formula is C17H18FN3O3S2. The summed E-state index contributed by atoms with van der Waals surface area (Å²) < 4.78 is 40.0. The number of carbonyl (C=O) groups is 1. The van der Waals surface area contributed by atoms with Crippen molar-refractivity contribution in [1.29, 1.82) is 0 Å². The zero-order valence-electron chi connectivity index (χ0n) is 13.9. The number of aromatic nitrogens is 1. The Hall–Kier alpha value is -1.84. The number of fused-ring (bicyclic) bond motifs is 1. The van der Waals surface area contributed by atoms with Crippen molar-refractivity contribution in [3.63, 3.8) is 0 Å². The number of amides is 1. The molecular weight excluding hydrogens is 377 g/mol. The third kappa shape index (κ3) is 3.15. The molecule has 138 valence electrons. The molecule has 1 aliphatic carbocycles. The van der Waals surface area contributed by atoms with Gasteiger partial charge >= 0.3 is 0 Å². The molecule has 0 radical (unpaired) electrons. The highest BCUT2D eigenvalue weighted by atomic mass is 32.2. The lowest BCUT2D eigenvalue weighted by molar-refractivity contribution is -0.119. The summed E-state index contributed by atoms with van der Waals surface area (Å²) >= 11 is 1.46. The van der Waals surface area contributed by atoms with Crippen molar-refractivity contribution in [3.8, 4) is 0 Å². The first-order valence-electron chi connectivity index (χ1n) is 8.52. The Bertz CT molecular complexity index is 919. The lowest BCUT2D eigenvalue weighted by atomic mass is 10.2. The van der Waals surface area contributed by atoms with E-state index >= 15 is 0 Å². The predicted octanol–water partition coefficient (Wildman–Crippen LogP) is 2.56. The molecule has 0 bridgehead atoms. The standard InChI is InChI=1S/C17H18FN3O3S2/c18-11-6-8-12(9-7-11)26(23,24)21-10-2-4-14(21)16(22)20-17-19-13-3-1-5-15(13)25-17/h6-9,14H,1-5,10H2,(H,19,20,22)/t14-/m1/s1. The van der Waals surface area contributed by atoms with Crippen LogP contribution < -0.4 is 5.32 Å². The highest BCUT2D eigenvalue weighted by Gasteiger charge is 2.39. The smallest absolute Gasteiger partial charge is 0.244 e. The molecule has 1 aliphatic heterocycles. The Morgan fingerprint density at radius 2 is 2.00 bits per heavy atom. The van der Waals surface area contributed by atoms with E-state index in [-0.39, 0.29) is 17.3 Å². The van der Waals surface area contributed by atoms with Crippen LogP contribution in [0.4, 0.5) is 9.52 Å². The Morgan fingerprint density at radius 1 is 1.23 bits per heavy atom. The molecule has 4 rings (SSSR count). The summed E-state index contributed by atoms with van der Waals surface area (Å²) in [5, 5.41) is 3.31. The Kier molecular flexibility index (Phi) is 4.54. The van der Waals surface area contributed by atoms with Gasteiger partial charge in [-0.25, -0.2) is 17.8 Å². The molecule has 9 heteroatoms. The van der Waals surface area contributed by atoms with Gasteiger partial charge in [0.05, 0.1) is 10.6 Å². The van der Waals surface area contributed by atoms with Crippen molar-refractivity contribution < 1.29 is 17.6 Å². The number of carbonyl (C=O) groups excluding carboxylic acids is 1. The van der Waals surface area contributed by atoms with Gasteiger partial charge in [-0.05, 0) is 56.4 Å². The number of benzene rings is 1. The number of hydrogen-bond acceptors (Lipinski definition) is 5. The summed E-state index contributed by atoms with van der Waals surface area (Å²) in [7, 11) is -3.85. The molecule has 1 aromatic carbocycles. The van der Waals surface area contributed by atoms with E-state index < -0.39 is 21.9 Å². The number of nitrogens with one attached hydrogen (secondary N) is 1. The quantitative estimate of drug-likeness (QED) is 0.863. The molecule has 2 heterocycles. The van der Waals surface area contributed by atoms with Crippen molar-refractivity contribution in [2.24, 2.45) is 0 Å². The first kappa shape index (κ1) is 17.6. The highest BCUT2D eigenvalue weighted by Crippen LogP contribution is 2.32. The van der Waals surface area contributed by atoms with Gasteiger partial charge in [0, 0.05) is 11.4 Å². The number of sulfonamides is 1. The average molecular weight is 395 g/mol. The third-order valence-electron chi connectivity index (χ3n) is 4.75. The Labute approximate surface area is 155 Å². The minimum atomic E-state index is -3.85. The van der Waals surface area contributed by atoms with Gasteiger partial charge in [0.15, 0.2) is 5.13 Å². The summed E-state index contributed by atoms with van der Waals surface area (Å²) in [6, 6.07) is 3.89. The summed E-state index contributed by atoms with van der Waals surface area (Å²) in [6.45, 7) is 0.270. The lowest BCUT2D eigenvalue weighted by Gasteiger charge is -2.23. The van der Waals surface area contributed by atoms with E-state index in [0.717, 1.165) is 37.1 Å². The van der Waals surface area contributed by atoms with E-state index in [1.165, 1.54) is 32.7 Å². The second kappa shape index (κ2) is 6.71. The maximum absolute atomic E-state index is 13.1. The Balaban J connectivity index is 1.53. The molecule has 1 atom stereocenters. The molecule has 1 aromatic heterocycles. The van der Waals surface area contributed by atoms with Crippen LogP contribution in [0.2, 0.25) is 0 Å². The zero-order chi connectivity index (χ0) is 18.3. The minimum absolute atomic E-state index is 0.00757. The second-order valence-electron chi connectivity index (χ2n) is 6.46. The van der Waals surface area contributed by atoms with Crippen molar-refractivity contribution in [2.75, 3.05) is 11.9 Å². The number of halogens is 1. The van der Waals surface area contributed by atoms with Gasteiger partial charge in [0.2, 0.25) is 15.9 Å². The van der Waals surface area contributed by atoms with Crippen LogP contribution in [-0.4, -0.2) is 36.2 Å². The monoisotopic (exact) mass is 395 g/mol. The number of hydrogen-bond donors (Lipinski definition) is 1. The van der Waals surface area contributed by atoms with Crippen molar-refractivity contribution in [3.05, 3.63) is 40.7 Å².